The number of nitrogen functional groups attached to an aromatic ring is 1. The van der Waals surface area contributed by atoms with Crippen LogP contribution in [0.3, 0.4) is 0 Å². The summed E-state index contributed by atoms with van der Waals surface area (Å²) in [6, 6.07) is 10.2. The number of nitrogens with two attached hydrogens (primary N) is 1. The van der Waals surface area contributed by atoms with E-state index in [0.29, 0.717) is 22.7 Å². The van der Waals surface area contributed by atoms with E-state index in [1.807, 2.05) is 52.5 Å². The van der Waals surface area contributed by atoms with Crippen LogP contribution in [0, 0.1) is 12.7 Å². The third-order valence-electron chi connectivity index (χ3n) is 4.63. The molecule has 5 aromatic rings. The zero-order chi connectivity index (χ0) is 18.5. The topological polar surface area (TPSA) is 73.5 Å². The smallest absolute Gasteiger partial charge is 0.180 e. The van der Waals surface area contributed by atoms with Crippen molar-refractivity contribution in [2.75, 3.05) is 5.73 Å². The molecule has 0 radical (unpaired) electrons. The lowest BCUT2D eigenvalue weighted by atomic mass is 10.0. The molecule has 27 heavy (non-hydrogen) atoms. The molecular weight excluding hydrogens is 343 g/mol. The summed E-state index contributed by atoms with van der Waals surface area (Å²) in [7, 11) is 0. The van der Waals surface area contributed by atoms with Gasteiger partial charge in [-0.15, -0.1) is 0 Å². The van der Waals surface area contributed by atoms with E-state index in [0.717, 1.165) is 22.6 Å². The zero-order valence-corrected chi connectivity index (χ0v) is 14.5. The monoisotopic (exact) mass is 358 g/mol. The van der Waals surface area contributed by atoms with Gasteiger partial charge in [0.1, 0.15) is 11.5 Å². The van der Waals surface area contributed by atoms with Crippen molar-refractivity contribution in [1.29, 1.82) is 0 Å². The van der Waals surface area contributed by atoms with Gasteiger partial charge in [0, 0.05) is 41.6 Å². The second-order valence-electron chi connectivity index (χ2n) is 6.37. The first-order valence-corrected chi connectivity index (χ1v) is 8.44. The molecule has 132 valence electrons. The van der Waals surface area contributed by atoms with Crippen LogP contribution in [0.1, 0.15) is 5.69 Å². The number of halogens is 1. The summed E-state index contributed by atoms with van der Waals surface area (Å²) in [6.45, 7) is 1.99. The van der Waals surface area contributed by atoms with Gasteiger partial charge in [-0.25, -0.2) is 19.3 Å². The van der Waals surface area contributed by atoms with Crippen molar-refractivity contribution in [3.63, 3.8) is 0 Å². The van der Waals surface area contributed by atoms with Gasteiger partial charge in [0.25, 0.3) is 0 Å². The molecule has 6 nitrogen and oxygen atoms in total. The summed E-state index contributed by atoms with van der Waals surface area (Å²) in [6.07, 6.45) is 7.32. The van der Waals surface area contributed by atoms with Crippen molar-refractivity contribution in [2.24, 2.45) is 0 Å². The van der Waals surface area contributed by atoms with Crippen LogP contribution in [-0.2, 0) is 0 Å². The molecule has 1 aromatic carbocycles. The highest BCUT2D eigenvalue weighted by atomic mass is 19.1. The summed E-state index contributed by atoms with van der Waals surface area (Å²) in [5.74, 6) is -0.0339. The molecule has 0 aliphatic carbocycles. The Labute approximate surface area is 153 Å². The fourth-order valence-electron chi connectivity index (χ4n) is 3.37. The van der Waals surface area contributed by atoms with Crippen LogP contribution in [0.5, 0.6) is 0 Å². The lowest BCUT2D eigenvalue weighted by Gasteiger charge is -2.14. The van der Waals surface area contributed by atoms with Crippen molar-refractivity contribution >= 4 is 17.1 Å². The van der Waals surface area contributed by atoms with Gasteiger partial charge in [0.05, 0.1) is 11.4 Å². The Morgan fingerprint density at radius 2 is 1.93 bits per heavy atom. The minimum Gasteiger partial charge on any atom is -0.381 e. The standard InChI is InChI=1S/C20H15FN6/c1-12-10-24-16-6-5-14(11-27(12)16)18-17(13-3-2-4-15(21)9-13)25-19(22)20-23-7-8-26(18)20/h2-11H,1H3,(H2,22,25). The molecule has 2 N–H and O–H groups in total. The maximum Gasteiger partial charge on any atom is 0.180 e. The van der Waals surface area contributed by atoms with Crippen LogP contribution < -0.4 is 5.73 Å². The van der Waals surface area contributed by atoms with Crippen LogP contribution in [0.15, 0.2) is 61.2 Å². The average molecular weight is 358 g/mol. The number of rotatable bonds is 2. The van der Waals surface area contributed by atoms with E-state index in [2.05, 4.69) is 15.0 Å². The van der Waals surface area contributed by atoms with E-state index in [9.17, 15) is 4.39 Å². The molecule has 0 amide bonds. The second kappa shape index (κ2) is 5.63. The molecule has 5 rings (SSSR count). The normalized spacial score (nSPS) is 11.5. The second-order valence-corrected chi connectivity index (χ2v) is 6.37. The minimum absolute atomic E-state index is 0.294. The lowest BCUT2D eigenvalue weighted by Crippen LogP contribution is -2.04. The Kier molecular flexibility index (Phi) is 3.24. The third kappa shape index (κ3) is 2.36. The van der Waals surface area contributed by atoms with Gasteiger partial charge in [-0.2, -0.15) is 0 Å². The van der Waals surface area contributed by atoms with Crippen molar-refractivity contribution in [1.82, 2.24) is 23.8 Å². The third-order valence-corrected chi connectivity index (χ3v) is 4.63. The van der Waals surface area contributed by atoms with Gasteiger partial charge in [0.15, 0.2) is 11.5 Å². The molecule has 0 saturated heterocycles. The highest BCUT2D eigenvalue weighted by Gasteiger charge is 2.18. The maximum absolute atomic E-state index is 13.9. The molecule has 0 bridgehead atoms. The molecule has 4 aromatic heterocycles. The molecule has 0 unspecified atom stereocenters. The fraction of sp³-hybridized carbons (Fsp3) is 0.0500. The predicted molar refractivity (Wildman–Crippen MR) is 102 cm³/mol. The van der Waals surface area contributed by atoms with Crippen molar-refractivity contribution in [2.45, 2.75) is 6.92 Å². The molecule has 0 aliphatic rings. The number of fused-ring (bicyclic) bond motifs is 2. The van der Waals surface area contributed by atoms with Crippen molar-refractivity contribution in [3.05, 3.63) is 72.7 Å². The van der Waals surface area contributed by atoms with Crippen LogP contribution in [0.25, 0.3) is 33.8 Å². The predicted octanol–water partition coefficient (Wildman–Crippen LogP) is 3.74. The first-order chi connectivity index (χ1) is 13.1. The van der Waals surface area contributed by atoms with Gasteiger partial charge in [0.2, 0.25) is 0 Å². The Balaban J connectivity index is 1.88. The molecule has 0 saturated carbocycles. The number of benzene rings is 1. The van der Waals surface area contributed by atoms with Gasteiger partial charge < -0.3 is 10.1 Å². The number of imidazole rings is 2. The molecule has 0 spiro atoms. The minimum atomic E-state index is -0.328. The molecule has 0 atom stereocenters. The number of aromatic nitrogens is 5. The molecular formula is C20H15FN6. The average Bonchev–Trinajstić information content (AvgIpc) is 3.29. The number of aryl methyl sites for hydroxylation is 1. The number of nitrogens with zero attached hydrogens (tertiary/aromatic N) is 5. The Morgan fingerprint density at radius 3 is 2.78 bits per heavy atom. The Bertz CT molecular complexity index is 1320. The van der Waals surface area contributed by atoms with Crippen LogP contribution in [0.2, 0.25) is 0 Å². The number of hydrogen-bond donors (Lipinski definition) is 1. The van der Waals surface area contributed by atoms with Gasteiger partial charge in [-0.1, -0.05) is 12.1 Å². The van der Waals surface area contributed by atoms with Gasteiger partial charge >= 0.3 is 0 Å². The van der Waals surface area contributed by atoms with E-state index in [-0.39, 0.29) is 5.82 Å². The molecule has 4 heterocycles. The molecule has 7 heteroatoms. The van der Waals surface area contributed by atoms with Crippen LogP contribution in [-0.4, -0.2) is 23.8 Å². The number of anilines is 1. The molecule has 0 fully saturated rings. The number of hydrogen-bond acceptors (Lipinski definition) is 4. The van der Waals surface area contributed by atoms with E-state index in [4.69, 9.17) is 5.73 Å². The summed E-state index contributed by atoms with van der Waals surface area (Å²) in [4.78, 5) is 13.2. The quantitative estimate of drug-likeness (QED) is 0.522. The van der Waals surface area contributed by atoms with E-state index >= 15 is 0 Å². The van der Waals surface area contributed by atoms with Crippen LogP contribution in [0.4, 0.5) is 10.2 Å². The van der Waals surface area contributed by atoms with E-state index in [1.54, 1.807) is 12.3 Å². The Hall–Kier alpha value is -3.74. The highest BCUT2D eigenvalue weighted by molar-refractivity contribution is 5.83. The SMILES string of the molecule is Cc1cnc2ccc(-c3c(-c4cccc(F)c4)nc(N)c4nccn34)cn12. The number of pyridine rings is 1. The van der Waals surface area contributed by atoms with Crippen LogP contribution >= 0.6 is 0 Å². The summed E-state index contributed by atoms with van der Waals surface area (Å²) >= 11 is 0. The fourth-order valence-corrected chi connectivity index (χ4v) is 3.37. The Morgan fingerprint density at radius 1 is 1.04 bits per heavy atom. The first kappa shape index (κ1) is 15.5. The summed E-state index contributed by atoms with van der Waals surface area (Å²) < 4.78 is 17.8. The van der Waals surface area contributed by atoms with E-state index in [1.165, 1.54) is 12.1 Å². The highest BCUT2D eigenvalue weighted by Crippen LogP contribution is 2.33. The largest absolute Gasteiger partial charge is 0.381 e. The first-order valence-electron chi connectivity index (χ1n) is 8.44. The zero-order valence-electron chi connectivity index (χ0n) is 14.5. The maximum atomic E-state index is 13.9. The van der Waals surface area contributed by atoms with Crippen molar-refractivity contribution in [3.8, 4) is 22.5 Å². The van der Waals surface area contributed by atoms with Crippen molar-refractivity contribution < 1.29 is 4.39 Å². The summed E-state index contributed by atoms with van der Waals surface area (Å²) in [5.41, 5.74) is 11.5. The van der Waals surface area contributed by atoms with E-state index < -0.39 is 0 Å². The molecule has 0 aliphatic heterocycles. The van der Waals surface area contributed by atoms with Gasteiger partial charge in [-0.05, 0) is 31.2 Å². The van der Waals surface area contributed by atoms with Gasteiger partial charge in [-0.3, -0.25) is 4.40 Å². The summed E-state index contributed by atoms with van der Waals surface area (Å²) in [5, 5.41) is 0. The lowest BCUT2D eigenvalue weighted by molar-refractivity contribution is 0.628.